The number of aromatic nitrogens is 2. The summed E-state index contributed by atoms with van der Waals surface area (Å²) in [5, 5.41) is 3.29. The van der Waals surface area contributed by atoms with Gasteiger partial charge < -0.3 is 15.0 Å². The molecule has 1 aliphatic heterocycles. The molecule has 1 N–H and O–H groups in total. The molecule has 2 rings (SSSR count). The molecule has 1 aromatic heterocycles. The van der Waals surface area contributed by atoms with Gasteiger partial charge in [0.25, 0.3) is 0 Å². The van der Waals surface area contributed by atoms with Crippen molar-refractivity contribution in [2.75, 3.05) is 43.1 Å². The van der Waals surface area contributed by atoms with Gasteiger partial charge in [0.15, 0.2) is 0 Å². The van der Waals surface area contributed by atoms with Gasteiger partial charge in [-0.15, -0.1) is 0 Å². The number of nitrogens with zero attached hydrogens (tertiary/aromatic N) is 3. The lowest BCUT2D eigenvalue weighted by Gasteiger charge is -2.27. The fourth-order valence-corrected chi connectivity index (χ4v) is 1.97. The molecule has 0 aromatic carbocycles. The topological polar surface area (TPSA) is 50.3 Å². The van der Waals surface area contributed by atoms with Crippen LogP contribution in [0.1, 0.15) is 13.3 Å². The third-order valence-electron chi connectivity index (χ3n) is 2.57. The van der Waals surface area contributed by atoms with Crippen molar-refractivity contribution in [3.8, 4) is 0 Å². The summed E-state index contributed by atoms with van der Waals surface area (Å²) in [4.78, 5) is 11.0. The standard InChI is InChI=1S/C11H17BrN4O/c1-2-3-13-10-9(12)8-14-11(15-10)16-4-6-17-7-5-16/h8H,2-7H2,1H3,(H,13,14,15). The average Bonchev–Trinajstić information content (AvgIpc) is 2.39. The zero-order valence-electron chi connectivity index (χ0n) is 9.95. The maximum atomic E-state index is 5.32. The highest BCUT2D eigenvalue weighted by molar-refractivity contribution is 9.10. The van der Waals surface area contributed by atoms with Crippen LogP contribution in [0, 0.1) is 0 Å². The van der Waals surface area contributed by atoms with E-state index >= 15 is 0 Å². The summed E-state index contributed by atoms with van der Waals surface area (Å²) < 4.78 is 6.22. The van der Waals surface area contributed by atoms with Crippen LogP contribution in [0.3, 0.4) is 0 Å². The van der Waals surface area contributed by atoms with E-state index in [-0.39, 0.29) is 0 Å². The van der Waals surface area contributed by atoms with Gasteiger partial charge in [-0.3, -0.25) is 0 Å². The second-order valence-corrected chi connectivity index (χ2v) is 4.75. The lowest BCUT2D eigenvalue weighted by Crippen LogP contribution is -2.37. The van der Waals surface area contributed by atoms with Crippen molar-refractivity contribution >= 4 is 27.7 Å². The molecule has 0 saturated carbocycles. The summed E-state index contributed by atoms with van der Waals surface area (Å²) in [5.41, 5.74) is 0. The first-order valence-electron chi connectivity index (χ1n) is 5.90. The number of hydrogen-bond acceptors (Lipinski definition) is 5. The third kappa shape index (κ3) is 3.29. The maximum Gasteiger partial charge on any atom is 0.227 e. The molecule has 1 aromatic rings. The Hall–Kier alpha value is -0.880. The third-order valence-corrected chi connectivity index (χ3v) is 3.15. The molecule has 17 heavy (non-hydrogen) atoms. The van der Waals surface area contributed by atoms with Gasteiger partial charge in [-0.2, -0.15) is 4.98 Å². The van der Waals surface area contributed by atoms with Crippen LogP contribution in [0.2, 0.25) is 0 Å². The zero-order chi connectivity index (χ0) is 12.1. The van der Waals surface area contributed by atoms with Gasteiger partial charge in [0, 0.05) is 25.8 Å². The summed E-state index contributed by atoms with van der Waals surface area (Å²) in [6.45, 7) is 6.25. The number of anilines is 2. The van der Waals surface area contributed by atoms with Crippen LogP contribution < -0.4 is 10.2 Å². The van der Waals surface area contributed by atoms with Gasteiger partial charge in [-0.25, -0.2) is 4.98 Å². The molecule has 0 unspecified atom stereocenters. The van der Waals surface area contributed by atoms with Crippen LogP contribution in [-0.4, -0.2) is 42.8 Å². The van der Waals surface area contributed by atoms with Crippen LogP contribution in [0.5, 0.6) is 0 Å². The predicted molar refractivity (Wildman–Crippen MR) is 71.5 cm³/mol. The lowest BCUT2D eigenvalue weighted by atomic mass is 10.4. The monoisotopic (exact) mass is 300 g/mol. The van der Waals surface area contributed by atoms with Crippen molar-refractivity contribution in [3.05, 3.63) is 10.7 Å². The number of rotatable bonds is 4. The number of halogens is 1. The van der Waals surface area contributed by atoms with E-state index in [1.165, 1.54) is 0 Å². The molecule has 6 heteroatoms. The molecule has 1 aliphatic rings. The zero-order valence-corrected chi connectivity index (χ0v) is 11.5. The van der Waals surface area contributed by atoms with E-state index in [0.29, 0.717) is 0 Å². The van der Waals surface area contributed by atoms with Gasteiger partial charge in [0.05, 0.1) is 17.7 Å². The quantitative estimate of drug-likeness (QED) is 0.920. The van der Waals surface area contributed by atoms with Crippen molar-refractivity contribution in [2.24, 2.45) is 0 Å². The maximum absolute atomic E-state index is 5.32. The van der Waals surface area contributed by atoms with Crippen LogP contribution in [-0.2, 0) is 4.74 Å². The van der Waals surface area contributed by atoms with E-state index in [1.807, 2.05) is 0 Å². The Morgan fingerprint density at radius 1 is 1.47 bits per heavy atom. The van der Waals surface area contributed by atoms with Crippen molar-refractivity contribution in [1.82, 2.24) is 9.97 Å². The van der Waals surface area contributed by atoms with E-state index in [4.69, 9.17) is 4.74 Å². The predicted octanol–water partition coefficient (Wildman–Crippen LogP) is 1.90. The molecule has 0 spiro atoms. The Labute approximate surface area is 110 Å². The minimum absolute atomic E-state index is 0.747. The van der Waals surface area contributed by atoms with E-state index in [1.54, 1.807) is 6.20 Å². The van der Waals surface area contributed by atoms with Crippen molar-refractivity contribution < 1.29 is 4.74 Å². The Kier molecular flexibility index (Phi) is 4.56. The summed E-state index contributed by atoms with van der Waals surface area (Å²) in [5.74, 6) is 1.64. The average molecular weight is 301 g/mol. The SMILES string of the molecule is CCCNc1nc(N2CCOCC2)ncc1Br. The highest BCUT2D eigenvalue weighted by Crippen LogP contribution is 2.22. The van der Waals surface area contributed by atoms with Gasteiger partial charge in [0.2, 0.25) is 5.95 Å². The fourth-order valence-electron chi connectivity index (χ4n) is 1.64. The first kappa shape index (κ1) is 12.6. The molecule has 0 aliphatic carbocycles. The highest BCUT2D eigenvalue weighted by Gasteiger charge is 2.15. The van der Waals surface area contributed by atoms with Crippen molar-refractivity contribution in [1.29, 1.82) is 0 Å². The molecule has 1 fully saturated rings. The molecule has 0 amide bonds. The van der Waals surface area contributed by atoms with E-state index in [9.17, 15) is 0 Å². The van der Waals surface area contributed by atoms with Crippen molar-refractivity contribution in [2.45, 2.75) is 13.3 Å². The van der Waals surface area contributed by atoms with Crippen LogP contribution in [0.25, 0.3) is 0 Å². The molecule has 1 saturated heterocycles. The Morgan fingerprint density at radius 3 is 2.94 bits per heavy atom. The second kappa shape index (κ2) is 6.16. The Balaban J connectivity index is 2.11. The normalized spacial score (nSPS) is 16.0. The lowest BCUT2D eigenvalue weighted by molar-refractivity contribution is 0.122. The highest BCUT2D eigenvalue weighted by atomic mass is 79.9. The van der Waals surface area contributed by atoms with Gasteiger partial charge in [-0.1, -0.05) is 6.92 Å². The fraction of sp³-hybridized carbons (Fsp3) is 0.636. The summed E-state index contributed by atoms with van der Waals surface area (Å²) in [6.07, 6.45) is 2.87. The second-order valence-electron chi connectivity index (χ2n) is 3.89. The van der Waals surface area contributed by atoms with Gasteiger partial charge in [0.1, 0.15) is 5.82 Å². The largest absolute Gasteiger partial charge is 0.378 e. The summed E-state index contributed by atoms with van der Waals surface area (Å²) >= 11 is 3.45. The Morgan fingerprint density at radius 2 is 2.24 bits per heavy atom. The molecule has 0 radical (unpaired) electrons. The van der Waals surface area contributed by atoms with Crippen LogP contribution in [0.15, 0.2) is 10.7 Å². The molecule has 0 atom stereocenters. The first-order valence-corrected chi connectivity index (χ1v) is 6.69. The van der Waals surface area contributed by atoms with Crippen molar-refractivity contribution in [3.63, 3.8) is 0 Å². The minimum Gasteiger partial charge on any atom is -0.378 e. The molecule has 94 valence electrons. The molecule has 0 bridgehead atoms. The smallest absolute Gasteiger partial charge is 0.227 e. The van der Waals surface area contributed by atoms with Crippen LogP contribution in [0.4, 0.5) is 11.8 Å². The first-order chi connectivity index (χ1) is 8.31. The molecular weight excluding hydrogens is 284 g/mol. The molecule has 2 heterocycles. The van der Waals surface area contributed by atoms with E-state index in [0.717, 1.165) is 55.5 Å². The number of nitrogens with one attached hydrogen (secondary N) is 1. The summed E-state index contributed by atoms with van der Waals surface area (Å²) in [6, 6.07) is 0. The number of hydrogen-bond donors (Lipinski definition) is 1. The number of morpholine rings is 1. The Bertz CT molecular complexity index is 368. The van der Waals surface area contributed by atoms with E-state index < -0.39 is 0 Å². The minimum atomic E-state index is 0.747. The van der Waals surface area contributed by atoms with Gasteiger partial charge >= 0.3 is 0 Å². The van der Waals surface area contributed by atoms with Gasteiger partial charge in [-0.05, 0) is 22.4 Å². The van der Waals surface area contributed by atoms with E-state index in [2.05, 4.69) is 43.0 Å². The molecular formula is C11H17BrN4O. The summed E-state index contributed by atoms with van der Waals surface area (Å²) in [7, 11) is 0. The number of ether oxygens (including phenoxy) is 1. The molecule has 5 nitrogen and oxygen atoms in total. The van der Waals surface area contributed by atoms with Crippen LogP contribution >= 0.6 is 15.9 Å².